The monoisotopic (exact) mass is 461 g/mol. The van der Waals surface area contributed by atoms with E-state index in [2.05, 4.69) is 34.1 Å². The van der Waals surface area contributed by atoms with Gasteiger partial charge < -0.3 is 14.4 Å². The molecule has 168 valence electrons. The van der Waals surface area contributed by atoms with Gasteiger partial charge in [-0.05, 0) is 48.0 Å². The van der Waals surface area contributed by atoms with Gasteiger partial charge in [0.25, 0.3) is 5.91 Å². The first-order chi connectivity index (χ1) is 16.1. The third-order valence-corrected chi connectivity index (χ3v) is 6.37. The maximum atomic E-state index is 12.6. The number of morpholine rings is 1. The third kappa shape index (κ3) is 4.69. The van der Waals surface area contributed by atoms with E-state index in [0.29, 0.717) is 25.0 Å². The predicted molar refractivity (Wildman–Crippen MR) is 129 cm³/mol. The van der Waals surface area contributed by atoms with E-state index < -0.39 is 5.91 Å². The minimum atomic E-state index is -0.433. The standard InChI is InChI=1S/C24H23N5O3S/c1-16-3-2-4-18(13-16)15-32-19-7-5-17(6-8-19)14-20-21(25)29-23(26-22(20)30)33-24(27-29)28-9-11-31-12-10-28/h2-8,13-14,25H,9-12,15H2,1H3/b20-14-,25-21?. The molecule has 0 radical (unpaired) electrons. The number of ether oxygens (including phenoxy) is 2. The molecule has 8 nitrogen and oxygen atoms in total. The molecule has 2 aromatic rings. The fourth-order valence-electron chi connectivity index (χ4n) is 3.66. The Kier molecular flexibility index (Phi) is 5.97. The van der Waals surface area contributed by atoms with Gasteiger partial charge in [0, 0.05) is 13.1 Å². The second-order valence-corrected chi connectivity index (χ2v) is 8.78. The zero-order chi connectivity index (χ0) is 22.8. The molecule has 1 fully saturated rings. The second-order valence-electron chi connectivity index (χ2n) is 7.85. The molecule has 0 atom stereocenters. The molecule has 1 N–H and O–H groups in total. The van der Waals surface area contributed by atoms with Crippen LogP contribution in [-0.2, 0) is 16.1 Å². The van der Waals surface area contributed by atoms with Crippen LogP contribution < -0.4 is 4.74 Å². The topological polar surface area (TPSA) is 90.6 Å². The lowest BCUT2D eigenvalue weighted by Crippen LogP contribution is -2.39. The number of fused-ring (bicyclic) bond motifs is 1. The molecule has 0 bridgehead atoms. The van der Waals surface area contributed by atoms with E-state index in [1.165, 1.54) is 22.3 Å². The van der Waals surface area contributed by atoms with Crippen LogP contribution in [0.1, 0.15) is 16.7 Å². The van der Waals surface area contributed by atoms with Crippen molar-refractivity contribution in [2.45, 2.75) is 13.5 Å². The summed E-state index contributed by atoms with van der Waals surface area (Å²) in [6, 6.07) is 15.6. The number of carbonyl (C=O) groups is 1. The number of amidine groups is 3. The Bertz CT molecular complexity index is 1180. The summed E-state index contributed by atoms with van der Waals surface area (Å²) in [5.41, 5.74) is 3.30. The van der Waals surface area contributed by atoms with Crippen LogP contribution in [-0.4, -0.2) is 58.3 Å². The van der Waals surface area contributed by atoms with Crippen molar-refractivity contribution in [3.8, 4) is 5.75 Å². The molecule has 1 saturated heterocycles. The van der Waals surface area contributed by atoms with E-state index >= 15 is 0 Å². The number of hydrogen-bond donors (Lipinski definition) is 1. The summed E-state index contributed by atoms with van der Waals surface area (Å²) >= 11 is 1.31. The quantitative estimate of drug-likeness (QED) is 0.701. The van der Waals surface area contributed by atoms with E-state index in [9.17, 15) is 4.79 Å². The number of nitrogens with zero attached hydrogens (tertiary/aromatic N) is 4. The van der Waals surface area contributed by atoms with E-state index in [-0.39, 0.29) is 11.4 Å². The lowest BCUT2D eigenvalue weighted by Gasteiger charge is -2.26. The van der Waals surface area contributed by atoms with Crippen molar-refractivity contribution in [3.05, 3.63) is 70.8 Å². The predicted octanol–water partition coefficient (Wildman–Crippen LogP) is 3.48. The largest absolute Gasteiger partial charge is 0.489 e. The lowest BCUT2D eigenvalue weighted by molar-refractivity contribution is -0.114. The average Bonchev–Trinajstić information content (AvgIpc) is 3.26. The molecule has 0 saturated carbocycles. The van der Waals surface area contributed by atoms with Crippen molar-refractivity contribution in [2.75, 3.05) is 26.3 Å². The second kappa shape index (κ2) is 9.21. The van der Waals surface area contributed by atoms with Crippen LogP contribution >= 0.6 is 11.8 Å². The lowest BCUT2D eigenvalue weighted by atomic mass is 10.1. The van der Waals surface area contributed by atoms with Crippen molar-refractivity contribution >= 4 is 39.9 Å². The molecule has 5 rings (SSSR count). The number of amides is 1. The molecule has 0 unspecified atom stereocenters. The molecule has 0 spiro atoms. The SMILES string of the molecule is Cc1cccc(COc2ccc(/C=C3/C(=N)N4N=C(N5CCOCC5)SC4=NC3=O)cc2)c1. The Morgan fingerprint density at radius 3 is 2.70 bits per heavy atom. The summed E-state index contributed by atoms with van der Waals surface area (Å²) in [5, 5.41) is 15.7. The highest BCUT2D eigenvalue weighted by Crippen LogP contribution is 2.30. The average molecular weight is 462 g/mol. The minimum Gasteiger partial charge on any atom is -0.489 e. The van der Waals surface area contributed by atoms with Crippen molar-refractivity contribution < 1.29 is 14.3 Å². The fourth-order valence-corrected chi connectivity index (χ4v) is 4.60. The molecule has 9 heteroatoms. The molecule has 1 amide bonds. The zero-order valence-corrected chi connectivity index (χ0v) is 19.0. The Balaban J connectivity index is 1.28. The van der Waals surface area contributed by atoms with E-state index in [1.54, 1.807) is 6.08 Å². The van der Waals surface area contributed by atoms with Gasteiger partial charge in [-0.2, -0.15) is 10.0 Å². The van der Waals surface area contributed by atoms with Crippen LogP contribution in [0.25, 0.3) is 6.08 Å². The Hall–Kier alpha value is -3.43. The highest BCUT2D eigenvalue weighted by atomic mass is 32.2. The maximum Gasteiger partial charge on any atom is 0.283 e. The number of thioether (sulfide) groups is 1. The van der Waals surface area contributed by atoms with Crippen LogP contribution in [0.5, 0.6) is 5.75 Å². The fraction of sp³-hybridized carbons (Fsp3) is 0.250. The van der Waals surface area contributed by atoms with Gasteiger partial charge in [-0.1, -0.05) is 42.0 Å². The van der Waals surface area contributed by atoms with E-state index in [4.69, 9.17) is 14.9 Å². The molecule has 0 aromatic heterocycles. The highest BCUT2D eigenvalue weighted by Gasteiger charge is 2.37. The minimum absolute atomic E-state index is 0.0283. The number of benzene rings is 2. The molecular formula is C24H23N5O3S. The van der Waals surface area contributed by atoms with Gasteiger partial charge in [0.1, 0.15) is 12.4 Å². The summed E-state index contributed by atoms with van der Waals surface area (Å²) in [6.45, 7) is 5.28. The number of carbonyl (C=O) groups excluding carboxylic acids is 1. The summed E-state index contributed by atoms with van der Waals surface area (Å²) in [6.07, 6.45) is 1.67. The number of aliphatic imine (C=N–C) groups is 1. The zero-order valence-electron chi connectivity index (χ0n) is 18.2. The molecule has 2 aromatic carbocycles. The highest BCUT2D eigenvalue weighted by molar-refractivity contribution is 8.26. The number of hydrogen-bond acceptors (Lipinski definition) is 7. The summed E-state index contributed by atoms with van der Waals surface area (Å²) < 4.78 is 11.3. The van der Waals surface area contributed by atoms with E-state index in [0.717, 1.165) is 35.1 Å². The van der Waals surface area contributed by atoms with Gasteiger partial charge in [-0.25, -0.2) is 0 Å². The smallest absolute Gasteiger partial charge is 0.283 e. The van der Waals surface area contributed by atoms with Crippen molar-refractivity contribution in [3.63, 3.8) is 0 Å². The van der Waals surface area contributed by atoms with Crippen LogP contribution in [0.15, 0.2) is 64.2 Å². The van der Waals surface area contributed by atoms with Crippen LogP contribution in [0.3, 0.4) is 0 Å². The Morgan fingerprint density at radius 1 is 1.15 bits per heavy atom. The van der Waals surface area contributed by atoms with Gasteiger partial charge >= 0.3 is 0 Å². The third-order valence-electron chi connectivity index (χ3n) is 5.40. The maximum absolute atomic E-state index is 12.6. The van der Waals surface area contributed by atoms with Crippen LogP contribution in [0, 0.1) is 12.3 Å². The first-order valence-corrected chi connectivity index (χ1v) is 11.5. The normalized spacial score (nSPS) is 19.5. The van der Waals surface area contributed by atoms with Crippen molar-refractivity contribution in [1.29, 1.82) is 5.41 Å². The van der Waals surface area contributed by atoms with Gasteiger partial charge in [-0.15, -0.1) is 5.10 Å². The van der Waals surface area contributed by atoms with Gasteiger partial charge in [0.05, 0.1) is 18.8 Å². The Labute approximate surface area is 196 Å². The summed E-state index contributed by atoms with van der Waals surface area (Å²) in [4.78, 5) is 18.9. The molecule has 3 aliphatic heterocycles. The molecular weight excluding hydrogens is 438 g/mol. The summed E-state index contributed by atoms with van der Waals surface area (Å²) in [5.74, 6) is 0.331. The van der Waals surface area contributed by atoms with E-state index in [1.807, 2.05) is 36.4 Å². The van der Waals surface area contributed by atoms with Gasteiger partial charge in [-0.3, -0.25) is 10.2 Å². The van der Waals surface area contributed by atoms with Crippen molar-refractivity contribution in [1.82, 2.24) is 9.91 Å². The molecule has 3 aliphatic rings. The molecule has 3 heterocycles. The summed E-state index contributed by atoms with van der Waals surface area (Å²) in [7, 11) is 0. The molecule has 0 aliphatic carbocycles. The number of nitrogens with one attached hydrogen (secondary N) is 1. The number of rotatable bonds is 4. The first kappa shape index (κ1) is 21.4. The van der Waals surface area contributed by atoms with Gasteiger partial charge in [0.2, 0.25) is 5.17 Å². The first-order valence-electron chi connectivity index (χ1n) is 10.7. The van der Waals surface area contributed by atoms with Crippen molar-refractivity contribution in [2.24, 2.45) is 10.1 Å². The van der Waals surface area contributed by atoms with Crippen LogP contribution in [0.2, 0.25) is 0 Å². The Morgan fingerprint density at radius 2 is 1.94 bits per heavy atom. The molecule has 33 heavy (non-hydrogen) atoms. The number of aryl methyl sites for hydroxylation is 1. The number of hydrazone groups is 1. The van der Waals surface area contributed by atoms with Gasteiger partial charge in [0.15, 0.2) is 11.0 Å². The van der Waals surface area contributed by atoms with Crippen LogP contribution in [0.4, 0.5) is 0 Å².